The van der Waals surface area contributed by atoms with E-state index in [0.717, 1.165) is 37.7 Å². The lowest BCUT2D eigenvalue weighted by molar-refractivity contribution is 0.0792. The molecule has 1 aliphatic heterocycles. The highest BCUT2D eigenvalue weighted by Gasteiger charge is 2.25. The summed E-state index contributed by atoms with van der Waals surface area (Å²) in [7, 11) is 1.72. The van der Waals surface area contributed by atoms with Crippen LogP contribution in [-0.2, 0) is 9.47 Å². The molecule has 0 amide bonds. The first-order chi connectivity index (χ1) is 9.79. The molecule has 1 aliphatic rings. The van der Waals surface area contributed by atoms with Crippen LogP contribution in [0.15, 0.2) is 12.4 Å². The Hall–Kier alpha value is -1.73. The molecular formula is C13H19N5O2. The molecule has 3 rings (SSSR count). The van der Waals surface area contributed by atoms with Crippen LogP contribution in [0.3, 0.4) is 0 Å². The Morgan fingerprint density at radius 1 is 1.50 bits per heavy atom. The van der Waals surface area contributed by atoms with Gasteiger partial charge in [-0.1, -0.05) is 0 Å². The van der Waals surface area contributed by atoms with E-state index >= 15 is 0 Å². The van der Waals surface area contributed by atoms with E-state index in [2.05, 4.69) is 20.0 Å². The van der Waals surface area contributed by atoms with Gasteiger partial charge in [0.25, 0.3) is 5.78 Å². The number of aromatic nitrogens is 4. The Balaban J connectivity index is 1.96. The molecule has 2 aromatic rings. The van der Waals surface area contributed by atoms with Crippen molar-refractivity contribution in [1.82, 2.24) is 19.6 Å². The largest absolute Gasteiger partial charge is 0.385 e. The molecule has 1 atom stereocenters. The minimum atomic E-state index is 0.290. The zero-order valence-corrected chi connectivity index (χ0v) is 11.8. The zero-order valence-electron chi connectivity index (χ0n) is 11.8. The fourth-order valence-corrected chi connectivity index (χ4v) is 2.57. The predicted molar refractivity (Wildman–Crippen MR) is 74.0 cm³/mol. The lowest BCUT2D eigenvalue weighted by Gasteiger charge is -2.37. The summed E-state index contributed by atoms with van der Waals surface area (Å²) in [6.07, 6.45) is 2.46. The molecule has 0 unspecified atom stereocenters. The summed E-state index contributed by atoms with van der Waals surface area (Å²) in [6, 6.07) is 2.34. The van der Waals surface area contributed by atoms with Gasteiger partial charge in [-0.25, -0.2) is 4.98 Å². The number of fused-ring (bicyclic) bond motifs is 1. The third kappa shape index (κ3) is 2.46. The number of anilines is 1. The van der Waals surface area contributed by atoms with Crippen molar-refractivity contribution in [3.8, 4) is 0 Å². The van der Waals surface area contributed by atoms with Crippen LogP contribution in [-0.4, -0.2) is 59.1 Å². The smallest absolute Gasteiger partial charge is 0.254 e. The molecule has 0 spiro atoms. The molecule has 3 heterocycles. The summed E-state index contributed by atoms with van der Waals surface area (Å²) < 4.78 is 12.6. The zero-order chi connectivity index (χ0) is 13.9. The molecule has 0 aliphatic carbocycles. The number of hydrogen-bond donors (Lipinski definition) is 0. The Bertz CT molecular complexity index is 585. The van der Waals surface area contributed by atoms with E-state index in [9.17, 15) is 0 Å². The van der Waals surface area contributed by atoms with Gasteiger partial charge in [0.15, 0.2) is 0 Å². The van der Waals surface area contributed by atoms with Crippen molar-refractivity contribution in [2.75, 3.05) is 38.4 Å². The number of ether oxygens (including phenoxy) is 2. The number of aryl methyl sites for hydroxylation is 1. The maximum atomic E-state index is 5.60. The summed E-state index contributed by atoms with van der Waals surface area (Å²) in [5.74, 6) is 1.66. The van der Waals surface area contributed by atoms with E-state index in [4.69, 9.17) is 9.47 Å². The molecule has 1 saturated heterocycles. The monoisotopic (exact) mass is 277 g/mol. The molecule has 7 nitrogen and oxygen atoms in total. The Morgan fingerprint density at radius 2 is 2.40 bits per heavy atom. The maximum absolute atomic E-state index is 5.60. The van der Waals surface area contributed by atoms with Crippen LogP contribution in [0.1, 0.15) is 12.1 Å². The first-order valence-corrected chi connectivity index (χ1v) is 6.80. The second-order valence-electron chi connectivity index (χ2n) is 4.93. The maximum Gasteiger partial charge on any atom is 0.254 e. The van der Waals surface area contributed by atoms with Gasteiger partial charge in [-0.3, -0.25) is 0 Å². The summed E-state index contributed by atoms with van der Waals surface area (Å²) >= 11 is 0. The van der Waals surface area contributed by atoms with Crippen LogP contribution in [0.2, 0.25) is 0 Å². The third-order valence-corrected chi connectivity index (χ3v) is 3.54. The minimum Gasteiger partial charge on any atom is -0.385 e. The van der Waals surface area contributed by atoms with Gasteiger partial charge in [-0.15, -0.1) is 0 Å². The number of nitrogens with zero attached hydrogens (tertiary/aromatic N) is 5. The molecule has 0 N–H and O–H groups in total. The molecule has 0 saturated carbocycles. The van der Waals surface area contributed by atoms with Crippen molar-refractivity contribution >= 4 is 11.6 Å². The second kappa shape index (κ2) is 5.72. The van der Waals surface area contributed by atoms with Crippen molar-refractivity contribution in [1.29, 1.82) is 0 Å². The van der Waals surface area contributed by atoms with Gasteiger partial charge in [0, 0.05) is 32.0 Å². The SMILES string of the molecule is COCC[C@@H]1COCCN1c1cc(C)nc2ncnn12. The van der Waals surface area contributed by atoms with E-state index < -0.39 is 0 Å². The fourth-order valence-electron chi connectivity index (χ4n) is 2.57. The minimum absolute atomic E-state index is 0.290. The number of hydrogen-bond acceptors (Lipinski definition) is 6. The average molecular weight is 277 g/mol. The van der Waals surface area contributed by atoms with Crippen LogP contribution < -0.4 is 4.90 Å². The highest BCUT2D eigenvalue weighted by Crippen LogP contribution is 2.22. The topological polar surface area (TPSA) is 64.8 Å². The summed E-state index contributed by atoms with van der Waals surface area (Å²) in [5, 5.41) is 4.28. The van der Waals surface area contributed by atoms with E-state index in [1.54, 1.807) is 11.6 Å². The summed E-state index contributed by atoms with van der Waals surface area (Å²) in [4.78, 5) is 10.9. The van der Waals surface area contributed by atoms with E-state index in [1.165, 1.54) is 6.33 Å². The van der Waals surface area contributed by atoms with Crippen molar-refractivity contribution in [3.05, 3.63) is 18.1 Å². The highest BCUT2D eigenvalue weighted by atomic mass is 16.5. The molecular weight excluding hydrogens is 258 g/mol. The Morgan fingerprint density at radius 3 is 3.25 bits per heavy atom. The van der Waals surface area contributed by atoms with Crippen LogP contribution in [0, 0.1) is 6.92 Å². The molecule has 0 bridgehead atoms. The summed E-state index contributed by atoms with van der Waals surface area (Å²) in [6.45, 7) is 4.96. The van der Waals surface area contributed by atoms with Crippen molar-refractivity contribution in [3.63, 3.8) is 0 Å². The lowest BCUT2D eigenvalue weighted by atomic mass is 10.1. The first-order valence-electron chi connectivity index (χ1n) is 6.80. The van der Waals surface area contributed by atoms with Gasteiger partial charge in [0.05, 0.1) is 19.3 Å². The Kier molecular flexibility index (Phi) is 3.79. The average Bonchev–Trinajstić information content (AvgIpc) is 2.92. The molecule has 0 radical (unpaired) electrons. The Labute approximate surface area is 117 Å². The van der Waals surface area contributed by atoms with E-state index in [-0.39, 0.29) is 6.04 Å². The van der Waals surface area contributed by atoms with Crippen LogP contribution >= 0.6 is 0 Å². The number of methoxy groups -OCH3 is 1. The first kappa shape index (κ1) is 13.3. The summed E-state index contributed by atoms with van der Waals surface area (Å²) in [5.41, 5.74) is 0.942. The highest BCUT2D eigenvalue weighted by molar-refractivity contribution is 5.48. The third-order valence-electron chi connectivity index (χ3n) is 3.54. The van der Waals surface area contributed by atoms with Crippen molar-refractivity contribution in [2.24, 2.45) is 0 Å². The van der Waals surface area contributed by atoms with Crippen molar-refractivity contribution in [2.45, 2.75) is 19.4 Å². The van der Waals surface area contributed by atoms with Gasteiger partial charge < -0.3 is 14.4 Å². The molecule has 7 heteroatoms. The molecule has 1 fully saturated rings. The number of morpholine rings is 1. The van der Waals surface area contributed by atoms with Crippen molar-refractivity contribution < 1.29 is 9.47 Å². The van der Waals surface area contributed by atoms with Gasteiger partial charge >= 0.3 is 0 Å². The number of rotatable bonds is 4. The van der Waals surface area contributed by atoms with Gasteiger partial charge in [0.2, 0.25) is 0 Å². The molecule has 108 valence electrons. The van der Waals surface area contributed by atoms with Gasteiger partial charge in [-0.05, 0) is 13.3 Å². The van der Waals surface area contributed by atoms with Gasteiger partial charge in [-0.2, -0.15) is 14.6 Å². The molecule has 20 heavy (non-hydrogen) atoms. The van der Waals surface area contributed by atoms with E-state index in [0.29, 0.717) is 12.4 Å². The lowest BCUT2D eigenvalue weighted by Crippen LogP contribution is -2.47. The normalized spacial score (nSPS) is 19.7. The molecule has 0 aromatic carbocycles. The van der Waals surface area contributed by atoms with E-state index in [1.807, 2.05) is 13.0 Å². The predicted octanol–water partition coefficient (Wildman–Crippen LogP) is 0.674. The van der Waals surface area contributed by atoms with Crippen LogP contribution in [0.5, 0.6) is 0 Å². The van der Waals surface area contributed by atoms with Crippen LogP contribution in [0.4, 0.5) is 5.82 Å². The second-order valence-corrected chi connectivity index (χ2v) is 4.93. The molecule has 2 aromatic heterocycles. The fraction of sp³-hybridized carbons (Fsp3) is 0.615. The van der Waals surface area contributed by atoms with Gasteiger partial charge in [0.1, 0.15) is 12.1 Å². The van der Waals surface area contributed by atoms with Crippen LogP contribution in [0.25, 0.3) is 5.78 Å². The quantitative estimate of drug-likeness (QED) is 0.818. The standard InChI is InChI=1S/C13H19N5O2/c1-10-7-12(18-13(16-10)14-9-15-18)17-4-6-20-8-11(17)3-5-19-2/h7,9,11H,3-6,8H2,1-2H3/t11-/m1/s1.